The molecular formula is C24H27NNa4O10. The van der Waals surface area contributed by atoms with Crippen LogP contribution in [0.1, 0.15) is 38.7 Å². The second kappa shape index (κ2) is 21.9. The maximum Gasteiger partial charge on any atom is 1.00 e. The third-order valence-electron chi connectivity index (χ3n) is 6.47. The third kappa shape index (κ3) is 12.2. The molecule has 0 bridgehead atoms. The van der Waals surface area contributed by atoms with Crippen LogP contribution in [0.5, 0.6) is 0 Å². The van der Waals surface area contributed by atoms with Gasteiger partial charge < -0.3 is 44.9 Å². The van der Waals surface area contributed by atoms with Crippen molar-refractivity contribution in [1.29, 1.82) is 0 Å². The first kappa shape index (κ1) is 46.2. The summed E-state index contributed by atoms with van der Waals surface area (Å²) in [7, 11) is 1.03. The summed E-state index contributed by atoms with van der Waals surface area (Å²) >= 11 is 0. The van der Waals surface area contributed by atoms with E-state index < -0.39 is 77.0 Å². The molecule has 192 valence electrons. The first-order valence-electron chi connectivity index (χ1n) is 10.9. The summed E-state index contributed by atoms with van der Waals surface area (Å²) in [5, 5.41) is 50.8. The monoisotopic (exact) mass is 581 g/mol. The van der Waals surface area contributed by atoms with Crippen molar-refractivity contribution in [2.75, 3.05) is 7.05 Å². The minimum atomic E-state index is -2.45. The fourth-order valence-electron chi connectivity index (χ4n) is 4.62. The van der Waals surface area contributed by atoms with Gasteiger partial charge in [0.05, 0.1) is 5.92 Å². The van der Waals surface area contributed by atoms with E-state index in [0.717, 1.165) is 20.9 Å². The number of carboxylic acids is 4. The van der Waals surface area contributed by atoms with E-state index in [2.05, 4.69) is 5.32 Å². The summed E-state index contributed by atoms with van der Waals surface area (Å²) in [6.07, 6.45) is 0.0383. The number of carbonyl (C=O) groups excluding carboxylic acids is 6. The zero-order chi connectivity index (χ0) is 27.0. The van der Waals surface area contributed by atoms with Crippen molar-refractivity contribution in [1.82, 2.24) is 5.32 Å². The molecule has 0 saturated heterocycles. The molecule has 1 aromatic rings. The van der Waals surface area contributed by atoms with Gasteiger partial charge in [0.25, 0.3) is 0 Å². The van der Waals surface area contributed by atoms with E-state index in [1.165, 1.54) is 12.1 Å². The Hall–Kier alpha value is 0.240. The molecule has 1 rings (SSSR count). The Morgan fingerprint density at radius 1 is 0.692 bits per heavy atom. The van der Waals surface area contributed by atoms with E-state index in [9.17, 15) is 49.2 Å². The minimum absolute atomic E-state index is 0. The fourth-order valence-corrected chi connectivity index (χ4v) is 4.62. The Morgan fingerprint density at radius 3 is 1.38 bits per heavy atom. The van der Waals surface area contributed by atoms with Crippen molar-refractivity contribution < 1.29 is 167 Å². The second-order valence-corrected chi connectivity index (χ2v) is 8.34. The summed E-state index contributed by atoms with van der Waals surface area (Å²) < 4.78 is 0. The fraction of sp³-hybridized carbons (Fsp3) is 0.500. The number of aliphatic carboxylic acids is 4. The van der Waals surface area contributed by atoms with Crippen LogP contribution in [-0.4, -0.2) is 42.6 Å². The molecule has 0 radical (unpaired) electrons. The normalized spacial score (nSPS) is 15.3. The molecule has 0 fully saturated rings. The van der Waals surface area contributed by atoms with Crippen LogP contribution < -0.4 is 144 Å². The van der Waals surface area contributed by atoms with Crippen LogP contribution in [0.4, 0.5) is 0 Å². The van der Waals surface area contributed by atoms with Crippen molar-refractivity contribution in [3.05, 3.63) is 35.9 Å². The number of hydrogen-bond acceptors (Lipinski definition) is 10. The summed E-state index contributed by atoms with van der Waals surface area (Å²) in [5.74, 6) is -24.3. The summed E-state index contributed by atoms with van der Waals surface area (Å²) in [6, 6.07) is 7.80. The molecule has 1 N–H and O–H groups in total. The summed E-state index contributed by atoms with van der Waals surface area (Å²) in [4.78, 5) is 73.6. The Bertz CT molecular complexity index is 979. The molecule has 0 aromatic heterocycles. The average Bonchev–Trinajstić information content (AvgIpc) is 2.79. The van der Waals surface area contributed by atoms with Crippen LogP contribution in [0, 0.1) is 35.5 Å². The van der Waals surface area contributed by atoms with Crippen LogP contribution in [0.15, 0.2) is 30.3 Å². The first-order valence-corrected chi connectivity index (χ1v) is 10.9. The van der Waals surface area contributed by atoms with Crippen LogP contribution in [0.3, 0.4) is 0 Å². The van der Waals surface area contributed by atoms with Gasteiger partial charge in [0, 0.05) is 60.5 Å². The number of Topliss-reactive ketones (excluding diaryl/α,β-unsaturated/α-hetero) is 1. The molecule has 1 amide bonds. The molecule has 7 atom stereocenters. The predicted octanol–water partition coefficient (Wildman–Crippen LogP) is -15.8. The maximum absolute atomic E-state index is 12.9. The van der Waals surface area contributed by atoms with Gasteiger partial charge in [-0.3, -0.25) is 9.59 Å². The number of rotatable bonds is 14. The van der Waals surface area contributed by atoms with Gasteiger partial charge in [-0.2, -0.15) is 0 Å². The van der Waals surface area contributed by atoms with E-state index >= 15 is 0 Å². The number of carbonyl (C=O) groups is 6. The molecule has 0 saturated carbocycles. The molecule has 11 nitrogen and oxygen atoms in total. The number of benzene rings is 1. The minimum Gasteiger partial charge on any atom is -0.550 e. The number of hydrogen-bond donors (Lipinski definition) is 1. The van der Waals surface area contributed by atoms with Crippen molar-refractivity contribution in [3.63, 3.8) is 0 Å². The smallest absolute Gasteiger partial charge is 0.550 e. The summed E-state index contributed by atoms with van der Waals surface area (Å²) in [5.41, 5.74) is 0.365. The van der Waals surface area contributed by atoms with E-state index in [1.807, 2.05) is 0 Å². The molecular weight excluding hydrogens is 554 g/mol. The molecule has 0 heterocycles. The SMILES string of the molecule is CCC(c1ccccc1)C(C(=O)[O-])C(C(=O)[O-])C(C(=O)NC)C(C(=O)[O-])C(C(=O)[O-])C(C)C(C)=O.[Na+].[Na+].[Na+].[Na+]. The van der Waals surface area contributed by atoms with Gasteiger partial charge >= 0.3 is 118 Å². The topological polar surface area (TPSA) is 207 Å². The standard InChI is InChI=1S/C24H31NO10.4Na/c1-5-14(13-9-7-6-8-10-13)16(22(30)31)19(24(34)35)17(20(27)25-4)18(23(32)33)15(21(28)29)11(2)12(3)26;;;;/h6-11,14-19H,5H2,1-4H3,(H,25,27)(H,28,29)(H,30,31)(H,32,33)(H,34,35);;;;/q;4*+1/p-4. The molecule has 0 spiro atoms. The zero-order valence-electron chi connectivity index (χ0n) is 23.7. The van der Waals surface area contributed by atoms with Gasteiger partial charge in [-0.25, -0.2) is 0 Å². The molecule has 15 heteroatoms. The molecule has 0 aliphatic heterocycles. The van der Waals surface area contributed by atoms with Crippen molar-refractivity contribution in [2.24, 2.45) is 35.5 Å². The Kier molecular flexibility index (Phi) is 25.9. The van der Waals surface area contributed by atoms with E-state index in [4.69, 9.17) is 0 Å². The van der Waals surface area contributed by atoms with Crippen LogP contribution in [0.2, 0.25) is 0 Å². The van der Waals surface area contributed by atoms with Crippen molar-refractivity contribution in [3.8, 4) is 0 Å². The van der Waals surface area contributed by atoms with Gasteiger partial charge in [-0.15, -0.1) is 0 Å². The number of amides is 1. The molecule has 0 aliphatic carbocycles. The van der Waals surface area contributed by atoms with Crippen molar-refractivity contribution in [2.45, 2.75) is 33.1 Å². The predicted molar refractivity (Wildman–Crippen MR) is 111 cm³/mol. The Morgan fingerprint density at radius 2 is 1.08 bits per heavy atom. The quantitative estimate of drug-likeness (QED) is 0.205. The molecule has 7 unspecified atom stereocenters. The first-order chi connectivity index (χ1) is 16.3. The van der Waals surface area contributed by atoms with Crippen LogP contribution in [0.25, 0.3) is 0 Å². The maximum atomic E-state index is 12.9. The number of nitrogens with one attached hydrogen (secondary N) is 1. The molecule has 39 heavy (non-hydrogen) atoms. The van der Waals surface area contributed by atoms with Gasteiger partial charge in [-0.1, -0.05) is 44.2 Å². The zero-order valence-corrected chi connectivity index (χ0v) is 31.7. The Labute approximate surface area is 315 Å². The van der Waals surface area contributed by atoms with Gasteiger partial charge in [0.2, 0.25) is 5.91 Å². The van der Waals surface area contributed by atoms with E-state index in [1.54, 1.807) is 25.1 Å². The summed E-state index contributed by atoms with van der Waals surface area (Å²) in [6.45, 7) is 3.60. The van der Waals surface area contributed by atoms with Crippen LogP contribution in [-0.2, 0) is 28.8 Å². The molecule has 0 aliphatic rings. The van der Waals surface area contributed by atoms with E-state index in [0.29, 0.717) is 5.56 Å². The average molecular weight is 581 g/mol. The van der Waals surface area contributed by atoms with Crippen molar-refractivity contribution >= 4 is 35.6 Å². The Balaban J connectivity index is -0.00000153. The molecule has 1 aromatic carbocycles. The second-order valence-electron chi connectivity index (χ2n) is 8.34. The third-order valence-corrected chi connectivity index (χ3v) is 6.47. The van der Waals surface area contributed by atoms with Gasteiger partial charge in [-0.05, 0) is 24.8 Å². The van der Waals surface area contributed by atoms with Gasteiger partial charge in [0.15, 0.2) is 0 Å². The number of carboxylic acid groups (broad SMARTS) is 4. The van der Waals surface area contributed by atoms with Crippen LogP contribution >= 0.6 is 0 Å². The number of ketones is 1. The van der Waals surface area contributed by atoms with Gasteiger partial charge in [0.1, 0.15) is 5.78 Å². The van der Waals surface area contributed by atoms with E-state index in [-0.39, 0.29) is 125 Å². The largest absolute Gasteiger partial charge is 1.00 e.